The van der Waals surface area contributed by atoms with E-state index in [-0.39, 0.29) is 5.41 Å². The van der Waals surface area contributed by atoms with Crippen molar-refractivity contribution in [2.45, 2.75) is 32.7 Å². The van der Waals surface area contributed by atoms with Crippen LogP contribution in [0.15, 0.2) is 0 Å². The van der Waals surface area contributed by atoms with Gasteiger partial charge in [0.2, 0.25) is 0 Å². The molecule has 1 unspecified atom stereocenters. The van der Waals surface area contributed by atoms with Crippen molar-refractivity contribution in [3.8, 4) is 6.07 Å². The molecule has 0 spiro atoms. The molecule has 0 aromatic rings. The Bertz CT molecular complexity index is 248. The van der Waals surface area contributed by atoms with Crippen LogP contribution in [0.2, 0.25) is 0 Å². The zero-order valence-electron chi connectivity index (χ0n) is 9.19. The highest BCUT2D eigenvalue weighted by atomic mass is 32.2. The fourth-order valence-electron chi connectivity index (χ4n) is 0.954. The first-order valence-corrected chi connectivity index (χ1v) is 6.02. The Kier molecular flexibility index (Phi) is 6.37. The number of carboxylic acid groups (broad SMARTS) is 1. The van der Waals surface area contributed by atoms with Crippen LogP contribution in [0, 0.1) is 16.7 Å². The Morgan fingerprint density at radius 2 is 2.27 bits per heavy atom. The molecule has 0 rings (SSSR count). The topological polar surface area (TPSA) is 87.1 Å². The third-order valence-corrected chi connectivity index (χ3v) is 3.18. The number of hydrogen-bond acceptors (Lipinski definition) is 4. The van der Waals surface area contributed by atoms with Gasteiger partial charge in [0.1, 0.15) is 6.04 Å². The number of aliphatic carboxylic acids is 1. The molecule has 4 nitrogen and oxygen atoms in total. The van der Waals surface area contributed by atoms with E-state index >= 15 is 0 Å². The van der Waals surface area contributed by atoms with E-state index in [2.05, 4.69) is 6.07 Å². The van der Waals surface area contributed by atoms with E-state index in [1.54, 1.807) is 0 Å². The fraction of sp³-hybridized carbons (Fsp3) is 0.800. The Morgan fingerprint density at radius 1 is 1.67 bits per heavy atom. The van der Waals surface area contributed by atoms with Crippen molar-refractivity contribution in [2.75, 3.05) is 11.5 Å². The van der Waals surface area contributed by atoms with Crippen molar-refractivity contribution in [1.29, 1.82) is 5.26 Å². The zero-order valence-corrected chi connectivity index (χ0v) is 10.0. The van der Waals surface area contributed by atoms with E-state index in [1.807, 2.05) is 13.8 Å². The Morgan fingerprint density at radius 3 is 2.73 bits per heavy atom. The van der Waals surface area contributed by atoms with E-state index in [0.717, 1.165) is 18.6 Å². The van der Waals surface area contributed by atoms with Crippen LogP contribution < -0.4 is 5.73 Å². The number of nitrogens with two attached hydrogens (primary N) is 1. The fourth-order valence-corrected chi connectivity index (χ4v) is 1.87. The highest BCUT2D eigenvalue weighted by Gasteiger charge is 2.16. The highest BCUT2D eigenvalue weighted by Crippen LogP contribution is 2.21. The van der Waals surface area contributed by atoms with Gasteiger partial charge in [-0.3, -0.25) is 4.79 Å². The largest absolute Gasteiger partial charge is 0.480 e. The van der Waals surface area contributed by atoms with E-state index in [9.17, 15) is 4.79 Å². The van der Waals surface area contributed by atoms with Gasteiger partial charge in [-0.25, -0.2) is 0 Å². The third-order valence-electron chi connectivity index (χ3n) is 2.01. The molecule has 0 aromatic heterocycles. The molecule has 1 atom stereocenters. The van der Waals surface area contributed by atoms with Crippen LogP contribution >= 0.6 is 11.8 Å². The lowest BCUT2D eigenvalue weighted by molar-refractivity contribution is -0.137. The molecular weight excluding hydrogens is 212 g/mol. The minimum Gasteiger partial charge on any atom is -0.480 e. The van der Waals surface area contributed by atoms with Gasteiger partial charge in [0.15, 0.2) is 0 Å². The molecule has 15 heavy (non-hydrogen) atoms. The summed E-state index contributed by atoms with van der Waals surface area (Å²) < 4.78 is 0. The molecule has 3 N–H and O–H groups in total. The number of rotatable bonds is 7. The van der Waals surface area contributed by atoms with Crippen LogP contribution in [-0.2, 0) is 4.79 Å². The second-order valence-corrected chi connectivity index (χ2v) is 5.27. The SMILES string of the molecule is CC(C)(C#N)CCCSCC(N)C(=O)O. The monoisotopic (exact) mass is 230 g/mol. The average Bonchev–Trinajstić information content (AvgIpc) is 2.16. The summed E-state index contributed by atoms with van der Waals surface area (Å²) in [6.07, 6.45) is 1.75. The summed E-state index contributed by atoms with van der Waals surface area (Å²) in [4.78, 5) is 10.4. The van der Waals surface area contributed by atoms with E-state index < -0.39 is 12.0 Å². The van der Waals surface area contributed by atoms with Crippen molar-refractivity contribution in [2.24, 2.45) is 11.1 Å². The number of hydrogen-bond donors (Lipinski definition) is 2. The molecule has 0 saturated carbocycles. The van der Waals surface area contributed by atoms with Gasteiger partial charge in [0.25, 0.3) is 0 Å². The molecule has 0 fully saturated rings. The average molecular weight is 230 g/mol. The van der Waals surface area contributed by atoms with Crippen molar-refractivity contribution in [3.05, 3.63) is 0 Å². The molecule has 0 aliphatic carbocycles. The van der Waals surface area contributed by atoms with Gasteiger partial charge in [0, 0.05) is 5.75 Å². The molecule has 0 amide bonds. The summed E-state index contributed by atoms with van der Waals surface area (Å²) in [5.74, 6) is 0.328. The van der Waals surface area contributed by atoms with E-state index in [4.69, 9.17) is 16.1 Å². The van der Waals surface area contributed by atoms with E-state index in [1.165, 1.54) is 11.8 Å². The predicted octanol–water partition coefficient (Wildman–Crippen LogP) is 1.46. The van der Waals surface area contributed by atoms with Gasteiger partial charge < -0.3 is 10.8 Å². The first-order chi connectivity index (χ1) is 6.89. The molecule has 86 valence electrons. The van der Waals surface area contributed by atoms with E-state index in [0.29, 0.717) is 5.75 Å². The maximum Gasteiger partial charge on any atom is 0.321 e. The predicted molar refractivity (Wildman–Crippen MR) is 61.6 cm³/mol. The second kappa shape index (κ2) is 6.70. The van der Waals surface area contributed by atoms with Gasteiger partial charge >= 0.3 is 5.97 Å². The summed E-state index contributed by atoms with van der Waals surface area (Å²) in [6.45, 7) is 3.81. The van der Waals surface area contributed by atoms with Crippen LogP contribution in [-0.4, -0.2) is 28.6 Å². The van der Waals surface area contributed by atoms with Crippen LogP contribution in [0.1, 0.15) is 26.7 Å². The number of thioether (sulfide) groups is 1. The van der Waals surface area contributed by atoms with Crippen LogP contribution in [0.4, 0.5) is 0 Å². The molecule has 5 heteroatoms. The zero-order chi connectivity index (χ0) is 11.9. The Balaban J connectivity index is 3.49. The summed E-state index contributed by atoms with van der Waals surface area (Å²) in [6, 6.07) is 1.45. The minimum absolute atomic E-state index is 0.282. The molecule has 0 heterocycles. The maximum atomic E-state index is 10.4. The third kappa shape index (κ3) is 7.23. The lowest BCUT2D eigenvalue weighted by atomic mass is 9.90. The van der Waals surface area contributed by atoms with Gasteiger partial charge in [0.05, 0.1) is 11.5 Å². The summed E-state index contributed by atoms with van der Waals surface area (Å²) in [7, 11) is 0. The van der Waals surface area contributed by atoms with Crippen molar-refractivity contribution in [1.82, 2.24) is 0 Å². The van der Waals surface area contributed by atoms with Crippen LogP contribution in [0.5, 0.6) is 0 Å². The number of nitrogens with zero attached hydrogens (tertiary/aromatic N) is 1. The van der Waals surface area contributed by atoms with Crippen molar-refractivity contribution < 1.29 is 9.90 Å². The summed E-state index contributed by atoms with van der Waals surface area (Å²) in [5.41, 5.74) is 5.06. The van der Waals surface area contributed by atoms with Gasteiger partial charge in [-0.1, -0.05) is 0 Å². The van der Waals surface area contributed by atoms with Crippen molar-refractivity contribution in [3.63, 3.8) is 0 Å². The molecule has 0 radical (unpaired) electrons. The lowest BCUT2D eigenvalue weighted by Crippen LogP contribution is -2.32. The second-order valence-electron chi connectivity index (χ2n) is 4.12. The lowest BCUT2D eigenvalue weighted by Gasteiger charge is -2.14. The Labute approximate surface area is 94.8 Å². The molecule has 0 aromatic carbocycles. The quantitative estimate of drug-likeness (QED) is 0.646. The van der Waals surface area contributed by atoms with Gasteiger partial charge in [-0.2, -0.15) is 17.0 Å². The molecule has 0 saturated heterocycles. The number of nitriles is 1. The summed E-state index contributed by atoms with van der Waals surface area (Å²) >= 11 is 1.53. The minimum atomic E-state index is -0.958. The number of carbonyl (C=O) groups is 1. The smallest absolute Gasteiger partial charge is 0.321 e. The summed E-state index contributed by atoms with van der Waals surface area (Å²) in [5, 5.41) is 17.3. The molecule has 0 bridgehead atoms. The van der Waals surface area contributed by atoms with Crippen LogP contribution in [0.3, 0.4) is 0 Å². The first-order valence-electron chi connectivity index (χ1n) is 4.86. The normalized spacial score (nSPS) is 13.2. The molecule has 0 aliphatic rings. The van der Waals surface area contributed by atoms with Gasteiger partial charge in [-0.15, -0.1) is 0 Å². The van der Waals surface area contributed by atoms with Gasteiger partial charge in [-0.05, 0) is 32.4 Å². The highest BCUT2D eigenvalue weighted by molar-refractivity contribution is 7.99. The maximum absolute atomic E-state index is 10.4. The first kappa shape index (κ1) is 14.3. The standard InChI is InChI=1S/C10H18N2O2S/c1-10(2,7-11)4-3-5-15-6-8(12)9(13)14/h8H,3-6,12H2,1-2H3,(H,13,14). The van der Waals surface area contributed by atoms with Crippen LogP contribution in [0.25, 0.3) is 0 Å². The molecule has 0 aliphatic heterocycles. The molecular formula is C10H18N2O2S. The Hall–Kier alpha value is -0.730. The number of carboxylic acids is 1. The van der Waals surface area contributed by atoms with Crippen molar-refractivity contribution >= 4 is 17.7 Å².